The van der Waals surface area contributed by atoms with Gasteiger partial charge < -0.3 is 19.5 Å². The average Bonchev–Trinajstić information content (AvgIpc) is 3.14. The van der Waals surface area contributed by atoms with E-state index in [1.165, 1.54) is 0 Å². The van der Waals surface area contributed by atoms with Gasteiger partial charge in [-0.15, -0.1) is 0 Å². The van der Waals surface area contributed by atoms with Gasteiger partial charge in [0.2, 0.25) is 5.91 Å². The average molecular weight is 448 g/mol. The molecule has 8 nitrogen and oxygen atoms in total. The van der Waals surface area contributed by atoms with Gasteiger partial charge in [0, 0.05) is 56.7 Å². The van der Waals surface area contributed by atoms with Crippen molar-refractivity contribution in [3.8, 4) is 11.4 Å². The number of fused-ring (bicyclic) bond motifs is 1. The van der Waals surface area contributed by atoms with Gasteiger partial charge in [-0.25, -0.2) is 4.98 Å². The fourth-order valence-corrected chi connectivity index (χ4v) is 4.73. The van der Waals surface area contributed by atoms with Crippen LogP contribution in [0.15, 0.2) is 36.7 Å². The molecule has 1 aliphatic carbocycles. The summed E-state index contributed by atoms with van der Waals surface area (Å²) >= 11 is 0. The predicted molar refractivity (Wildman–Crippen MR) is 126 cm³/mol. The SMILES string of the molecule is COC1CCCN(C(=O)c2cc(NC(=O)C3CCC3)c3c(c2)nc(-c2ccncc2)n3C)C1. The number of benzene rings is 1. The van der Waals surface area contributed by atoms with Crippen LogP contribution in [0.4, 0.5) is 5.69 Å². The first-order valence-corrected chi connectivity index (χ1v) is 11.6. The molecule has 1 unspecified atom stereocenters. The van der Waals surface area contributed by atoms with Crippen molar-refractivity contribution in [2.75, 3.05) is 25.5 Å². The van der Waals surface area contributed by atoms with Crippen LogP contribution in [0, 0.1) is 5.92 Å². The van der Waals surface area contributed by atoms with Crippen LogP contribution in [-0.2, 0) is 16.6 Å². The summed E-state index contributed by atoms with van der Waals surface area (Å²) in [5.74, 6) is 0.746. The molecule has 1 saturated heterocycles. The Kier molecular flexibility index (Phi) is 5.85. The van der Waals surface area contributed by atoms with Crippen LogP contribution in [0.1, 0.15) is 42.5 Å². The predicted octanol–water partition coefficient (Wildman–Crippen LogP) is 3.62. The summed E-state index contributed by atoms with van der Waals surface area (Å²) in [5, 5.41) is 3.10. The molecule has 8 heteroatoms. The molecule has 1 saturated carbocycles. The Morgan fingerprint density at radius 1 is 1.12 bits per heavy atom. The molecule has 1 aromatic carbocycles. The van der Waals surface area contributed by atoms with E-state index < -0.39 is 0 Å². The fraction of sp³-hybridized carbons (Fsp3) is 0.440. The Labute approximate surface area is 193 Å². The van der Waals surface area contributed by atoms with Crippen molar-refractivity contribution in [1.29, 1.82) is 0 Å². The summed E-state index contributed by atoms with van der Waals surface area (Å²) in [5.41, 5.74) is 3.57. The van der Waals surface area contributed by atoms with Crippen LogP contribution in [0.2, 0.25) is 0 Å². The van der Waals surface area contributed by atoms with Crippen LogP contribution in [-0.4, -0.2) is 57.6 Å². The summed E-state index contributed by atoms with van der Waals surface area (Å²) in [6.07, 6.45) is 8.28. The number of pyridine rings is 1. The summed E-state index contributed by atoms with van der Waals surface area (Å²) in [7, 11) is 3.62. The van der Waals surface area contributed by atoms with Crippen LogP contribution < -0.4 is 5.32 Å². The molecule has 2 amide bonds. The molecule has 3 heterocycles. The maximum Gasteiger partial charge on any atom is 0.254 e. The van der Waals surface area contributed by atoms with Gasteiger partial charge in [0.1, 0.15) is 5.82 Å². The zero-order chi connectivity index (χ0) is 22.9. The van der Waals surface area contributed by atoms with Gasteiger partial charge in [-0.05, 0) is 49.9 Å². The van der Waals surface area contributed by atoms with Crippen molar-refractivity contribution in [3.05, 3.63) is 42.2 Å². The van der Waals surface area contributed by atoms with Crippen molar-refractivity contribution in [1.82, 2.24) is 19.4 Å². The van der Waals surface area contributed by atoms with Gasteiger partial charge in [-0.3, -0.25) is 14.6 Å². The lowest BCUT2D eigenvalue weighted by Crippen LogP contribution is -2.42. The number of ether oxygens (including phenoxy) is 1. The van der Waals surface area contributed by atoms with Gasteiger partial charge in [0.25, 0.3) is 5.91 Å². The van der Waals surface area contributed by atoms with Crippen molar-refractivity contribution in [2.45, 2.75) is 38.2 Å². The second kappa shape index (κ2) is 8.94. The molecule has 3 aromatic rings. The van der Waals surface area contributed by atoms with Gasteiger partial charge in [-0.1, -0.05) is 6.42 Å². The molecule has 33 heavy (non-hydrogen) atoms. The maximum atomic E-state index is 13.4. The van der Waals surface area contributed by atoms with Crippen LogP contribution in [0.3, 0.4) is 0 Å². The van der Waals surface area contributed by atoms with E-state index >= 15 is 0 Å². The normalized spacial score (nSPS) is 18.8. The fourth-order valence-electron chi connectivity index (χ4n) is 4.73. The lowest BCUT2D eigenvalue weighted by Gasteiger charge is -2.32. The third-order valence-electron chi connectivity index (χ3n) is 6.89. The van der Waals surface area contributed by atoms with Crippen LogP contribution >= 0.6 is 0 Å². The molecular weight excluding hydrogens is 418 g/mol. The third kappa shape index (κ3) is 4.11. The summed E-state index contributed by atoms with van der Waals surface area (Å²) < 4.78 is 7.46. The number of nitrogens with one attached hydrogen (secondary N) is 1. The highest BCUT2D eigenvalue weighted by molar-refractivity contribution is 6.06. The lowest BCUT2D eigenvalue weighted by atomic mass is 9.85. The van der Waals surface area contributed by atoms with E-state index in [-0.39, 0.29) is 23.8 Å². The minimum atomic E-state index is -0.0612. The zero-order valence-corrected chi connectivity index (χ0v) is 19.1. The standard InChI is InChI=1S/C25H29N5O3/c1-29-22-20(27-23(29)16-8-10-26-11-9-16)13-18(14-21(22)28-24(31)17-5-3-6-17)25(32)30-12-4-7-19(15-30)33-2/h8-11,13-14,17,19H,3-7,12,15H2,1-2H3,(H,28,31). The largest absolute Gasteiger partial charge is 0.380 e. The molecule has 0 bridgehead atoms. The number of carbonyl (C=O) groups is 2. The molecule has 2 fully saturated rings. The number of likely N-dealkylation sites (tertiary alicyclic amines) is 1. The number of carbonyl (C=O) groups excluding carboxylic acids is 2. The van der Waals surface area contributed by atoms with Crippen molar-refractivity contribution in [3.63, 3.8) is 0 Å². The number of nitrogens with zero attached hydrogens (tertiary/aromatic N) is 4. The highest BCUT2D eigenvalue weighted by Crippen LogP contribution is 2.33. The van der Waals surface area contributed by atoms with Gasteiger partial charge in [-0.2, -0.15) is 0 Å². The Morgan fingerprint density at radius 2 is 1.91 bits per heavy atom. The zero-order valence-electron chi connectivity index (χ0n) is 19.1. The van der Waals surface area contributed by atoms with E-state index in [2.05, 4.69) is 10.3 Å². The Hall–Kier alpha value is -3.26. The quantitative estimate of drug-likeness (QED) is 0.645. The molecule has 1 aliphatic heterocycles. The number of anilines is 1. The molecular formula is C25H29N5O3. The van der Waals surface area contributed by atoms with Gasteiger partial charge >= 0.3 is 0 Å². The molecule has 1 atom stereocenters. The number of aryl methyl sites for hydroxylation is 1. The first-order valence-electron chi connectivity index (χ1n) is 11.6. The van der Waals surface area contributed by atoms with E-state index in [9.17, 15) is 9.59 Å². The number of hydrogen-bond donors (Lipinski definition) is 1. The van der Waals surface area contributed by atoms with Crippen molar-refractivity contribution in [2.24, 2.45) is 13.0 Å². The smallest absolute Gasteiger partial charge is 0.254 e. The first kappa shape index (κ1) is 21.6. The molecule has 0 radical (unpaired) electrons. The summed E-state index contributed by atoms with van der Waals surface area (Å²) in [4.78, 5) is 37.0. The second-order valence-electron chi connectivity index (χ2n) is 8.99. The second-order valence-corrected chi connectivity index (χ2v) is 8.99. The van der Waals surface area contributed by atoms with E-state index in [1.54, 1.807) is 25.6 Å². The molecule has 5 rings (SSSR count). The van der Waals surface area contributed by atoms with E-state index in [4.69, 9.17) is 9.72 Å². The van der Waals surface area contributed by atoms with Crippen LogP contribution in [0.25, 0.3) is 22.4 Å². The Bertz CT molecular complexity index is 1190. The maximum absolute atomic E-state index is 13.4. The first-order chi connectivity index (χ1) is 16.0. The monoisotopic (exact) mass is 447 g/mol. The van der Waals surface area contributed by atoms with E-state index in [0.717, 1.165) is 49.0 Å². The van der Waals surface area contributed by atoms with Gasteiger partial charge in [0.15, 0.2) is 0 Å². The van der Waals surface area contributed by atoms with E-state index in [1.807, 2.05) is 34.7 Å². The highest BCUT2D eigenvalue weighted by Gasteiger charge is 2.28. The molecule has 2 aromatic heterocycles. The number of aromatic nitrogens is 3. The van der Waals surface area contributed by atoms with Gasteiger partial charge in [0.05, 0.1) is 22.8 Å². The molecule has 1 N–H and O–H groups in total. The Balaban J connectivity index is 1.57. The highest BCUT2D eigenvalue weighted by atomic mass is 16.5. The minimum absolute atomic E-state index is 0.0104. The number of rotatable bonds is 5. The number of methoxy groups -OCH3 is 1. The number of piperidine rings is 1. The summed E-state index contributed by atoms with van der Waals surface area (Å²) in [6.45, 7) is 1.27. The van der Waals surface area contributed by atoms with Crippen molar-refractivity contribution < 1.29 is 14.3 Å². The molecule has 0 spiro atoms. The lowest BCUT2D eigenvalue weighted by molar-refractivity contribution is -0.122. The number of hydrogen-bond acceptors (Lipinski definition) is 5. The number of imidazole rings is 1. The Morgan fingerprint density at radius 3 is 2.61 bits per heavy atom. The topological polar surface area (TPSA) is 89.3 Å². The van der Waals surface area contributed by atoms with Crippen LogP contribution in [0.5, 0.6) is 0 Å². The minimum Gasteiger partial charge on any atom is -0.380 e. The molecule has 172 valence electrons. The van der Waals surface area contributed by atoms with Crippen molar-refractivity contribution >= 4 is 28.5 Å². The summed E-state index contributed by atoms with van der Waals surface area (Å²) in [6, 6.07) is 7.43. The van der Waals surface area contributed by atoms with E-state index in [0.29, 0.717) is 29.9 Å². The third-order valence-corrected chi connectivity index (χ3v) is 6.89. The number of amides is 2. The molecule has 2 aliphatic rings.